The lowest BCUT2D eigenvalue weighted by atomic mass is 10.2. The van der Waals surface area contributed by atoms with Crippen LogP contribution in [0.1, 0.15) is 12.5 Å². The van der Waals surface area contributed by atoms with Gasteiger partial charge in [0, 0.05) is 18.6 Å². The number of amides is 1. The van der Waals surface area contributed by atoms with Gasteiger partial charge < -0.3 is 4.90 Å². The Morgan fingerprint density at radius 2 is 2.00 bits per heavy atom. The lowest BCUT2D eigenvalue weighted by Gasteiger charge is -2.18. The van der Waals surface area contributed by atoms with E-state index in [2.05, 4.69) is 12.6 Å². The van der Waals surface area contributed by atoms with E-state index in [1.165, 1.54) is 0 Å². The molecule has 82 valence electrons. The van der Waals surface area contributed by atoms with Crippen LogP contribution in [-0.4, -0.2) is 23.1 Å². The molecule has 0 saturated heterocycles. The highest BCUT2D eigenvalue weighted by Crippen LogP contribution is 2.11. The van der Waals surface area contributed by atoms with E-state index in [1.807, 2.05) is 24.3 Å². The fourth-order valence-corrected chi connectivity index (χ4v) is 1.58. The minimum atomic E-state index is -0.262. The fourth-order valence-electron chi connectivity index (χ4n) is 1.26. The molecule has 1 rings (SSSR count). The topological polar surface area (TPSA) is 20.3 Å². The number of nitrogens with zero attached hydrogens (tertiary/aromatic N) is 1. The second kappa shape index (κ2) is 5.42. The van der Waals surface area contributed by atoms with Crippen LogP contribution < -0.4 is 0 Å². The van der Waals surface area contributed by atoms with Crippen LogP contribution in [0.15, 0.2) is 24.3 Å². The van der Waals surface area contributed by atoms with Gasteiger partial charge in [-0.2, -0.15) is 12.6 Å². The van der Waals surface area contributed by atoms with Gasteiger partial charge in [-0.3, -0.25) is 4.79 Å². The Hall–Kier alpha value is -0.670. The van der Waals surface area contributed by atoms with Crippen molar-refractivity contribution in [3.05, 3.63) is 34.9 Å². The molecule has 0 spiro atoms. The maximum Gasteiger partial charge on any atom is 0.235 e. The first-order valence-electron chi connectivity index (χ1n) is 4.68. The van der Waals surface area contributed by atoms with Crippen molar-refractivity contribution in [3.63, 3.8) is 0 Å². The Morgan fingerprint density at radius 1 is 1.47 bits per heavy atom. The molecule has 0 heterocycles. The minimum absolute atomic E-state index is 0.0216. The monoisotopic (exact) mass is 243 g/mol. The molecule has 1 atom stereocenters. The Balaban J connectivity index is 2.62. The van der Waals surface area contributed by atoms with E-state index < -0.39 is 0 Å². The van der Waals surface area contributed by atoms with Crippen LogP contribution in [0.2, 0.25) is 5.02 Å². The fraction of sp³-hybridized carbons (Fsp3) is 0.364. The number of thiol groups is 1. The molecule has 0 aliphatic rings. The molecular formula is C11H14ClNOS. The molecule has 0 bridgehead atoms. The van der Waals surface area contributed by atoms with Gasteiger partial charge in [-0.15, -0.1) is 0 Å². The highest BCUT2D eigenvalue weighted by atomic mass is 35.5. The van der Waals surface area contributed by atoms with Crippen molar-refractivity contribution in [2.24, 2.45) is 0 Å². The van der Waals surface area contributed by atoms with Gasteiger partial charge in [-0.1, -0.05) is 23.7 Å². The predicted octanol–water partition coefficient (Wildman–Crippen LogP) is 2.62. The van der Waals surface area contributed by atoms with Crippen molar-refractivity contribution in [1.29, 1.82) is 0 Å². The van der Waals surface area contributed by atoms with Crippen molar-refractivity contribution in [2.75, 3.05) is 7.05 Å². The molecule has 1 amide bonds. The summed E-state index contributed by atoms with van der Waals surface area (Å²) >= 11 is 9.87. The van der Waals surface area contributed by atoms with Crippen LogP contribution in [0.25, 0.3) is 0 Å². The largest absolute Gasteiger partial charge is 0.340 e. The van der Waals surface area contributed by atoms with Crippen LogP contribution in [0.5, 0.6) is 0 Å². The average Bonchev–Trinajstić information content (AvgIpc) is 2.20. The van der Waals surface area contributed by atoms with Gasteiger partial charge in [0.05, 0.1) is 5.25 Å². The molecule has 0 aliphatic carbocycles. The highest BCUT2D eigenvalue weighted by molar-refractivity contribution is 7.81. The van der Waals surface area contributed by atoms with Gasteiger partial charge in [-0.25, -0.2) is 0 Å². The zero-order valence-electron chi connectivity index (χ0n) is 8.77. The third kappa shape index (κ3) is 3.76. The van der Waals surface area contributed by atoms with Crippen LogP contribution in [0.4, 0.5) is 0 Å². The highest BCUT2D eigenvalue weighted by Gasteiger charge is 2.13. The molecule has 4 heteroatoms. The lowest BCUT2D eigenvalue weighted by Crippen LogP contribution is -2.31. The quantitative estimate of drug-likeness (QED) is 0.810. The standard InChI is InChI=1S/C11H14ClNOS/c1-8(15)11(14)13(2)7-9-3-5-10(12)6-4-9/h3-6,8,15H,7H2,1-2H3. The molecule has 2 nitrogen and oxygen atoms in total. The molecule has 0 radical (unpaired) electrons. The SMILES string of the molecule is CC(S)C(=O)N(C)Cc1ccc(Cl)cc1. The van der Waals surface area contributed by atoms with E-state index in [-0.39, 0.29) is 11.2 Å². The van der Waals surface area contributed by atoms with Gasteiger partial charge in [0.1, 0.15) is 0 Å². The number of rotatable bonds is 3. The summed E-state index contributed by atoms with van der Waals surface area (Å²) in [7, 11) is 1.77. The third-order valence-electron chi connectivity index (χ3n) is 2.07. The van der Waals surface area contributed by atoms with Crippen LogP contribution in [0.3, 0.4) is 0 Å². The number of hydrogen-bond donors (Lipinski definition) is 1. The second-order valence-corrected chi connectivity index (χ2v) is 4.71. The molecular weight excluding hydrogens is 230 g/mol. The molecule has 1 aromatic carbocycles. The smallest absolute Gasteiger partial charge is 0.235 e. The van der Waals surface area contributed by atoms with Gasteiger partial charge in [0.15, 0.2) is 0 Å². The normalized spacial score (nSPS) is 12.3. The summed E-state index contributed by atoms with van der Waals surface area (Å²) in [5.41, 5.74) is 1.06. The molecule has 1 aromatic rings. The van der Waals surface area contributed by atoms with E-state index in [4.69, 9.17) is 11.6 Å². The molecule has 0 N–H and O–H groups in total. The average molecular weight is 244 g/mol. The van der Waals surface area contributed by atoms with Crippen LogP contribution in [-0.2, 0) is 11.3 Å². The van der Waals surface area contributed by atoms with Crippen molar-refractivity contribution >= 4 is 30.1 Å². The number of carbonyl (C=O) groups excluding carboxylic acids is 1. The molecule has 0 fully saturated rings. The van der Waals surface area contributed by atoms with Crippen molar-refractivity contribution in [1.82, 2.24) is 4.90 Å². The van der Waals surface area contributed by atoms with Crippen molar-refractivity contribution in [3.8, 4) is 0 Å². The van der Waals surface area contributed by atoms with E-state index in [0.29, 0.717) is 11.6 Å². The van der Waals surface area contributed by atoms with E-state index in [1.54, 1.807) is 18.9 Å². The Morgan fingerprint density at radius 3 is 2.47 bits per heavy atom. The molecule has 0 aliphatic heterocycles. The molecule has 1 unspecified atom stereocenters. The Kier molecular flexibility index (Phi) is 4.48. The maximum atomic E-state index is 11.5. The first-order chi connectivity index (χ1) is 7.00. The molecule has 0 saturated carbocycles. The minimum Gasteiger partial charge on any atom is -0.340 e. The summed E-state index contributed by atoms with van der Waals surface area (Å²) in [6.07, 6.45) is 0. The van der Waals surface area contributed by atoms with Gasteiger partial charge in [0.2, 0.25) is 5.91 Å². The van der Waals surface area contributed by atoms with Crippen molar-refractivity contribution in [2.45, 2.75) is 18.7 Å². The first-order valence-corrected chi connectivity index (χ1v) is 5.57. The third-order valence-corrected chi connectivity index (χ3v) is 2.54. The summed E-state index contributed by atoms with van der Waals surface area (Å²) in [5, 5.41) is 0.442. The summed E-state index contributed by atoms with van der Waals surface area (Å²) in [6.45, 7) is 2.35. The second-order valence-electron chi connectivity index (χ2n) is 3.50. The molecule has 0 aromatic heterocycles. The number of carbonyl (C=O) groups is 1. The number of halogens is 1. The summed E-state index contributed by atoms with van der Waals surface area (Å²) in [4.78, 5) is 13.2. The molecule has 15 heavy (non-hydrogen) atoms. The van der Waals surface area contributed by atoms with Gasteiger partial charge >= 0.3 is 0 Å². The zero-order chi connectivity index (χ0) is 11.4. The van der Waals surface area contributed by atoms with Gasteiger partial charge in [0.25, 0.3) is 0 Å². The Labute approximate surface area is 101 Å². The summed E-state index contributed by atoms with van der Waals surface area (Å²) < 4.78 is 0. The Bertz CT molecular complexity index is 337. The van der Waals surface area contributed by atoms with Crippen LogP contribution >= 0.6 is 24.2 Å². The van der Waals surface area contributed by atoms with E-state index in [0.717, 1.165) is 5.56 Å². The number of hydrogen-bond acceptors (Lipinski definition) is 2. The van der Waals surface area contributed by atoms with E-state index >= 15 is 0 Å². The first kappa shape index (κ1) is 12.4. The predicted molar refractivity (Wildman–Crippen MR) is 66.4 cm³/mol. The van der Waals surface area contributed by atoms with Crippen LogP contribution in [0, 0.1) is 0 Å². The van der Waals surface area contributed by atoms with Crippen molar-refractivity contribution < 1.29 is 4.79 Å². The maximum absolute atomic E-state index is 11.5. The summed E-state index contributed by atoms with van der Waals surface area (Å²) in [5.74, 6) is 0.0216. The van der Waals surface area contributed by atoms with E-state index in [9.17, 15) is 4.79 Å². The lowest BCUT2D eigenvalue weighted by molar-refractivity contribution is -0.129. The number of benzene rings is 1. The zero-order valence-corrected chi connectivity index (χ0v) is 10.4. The van der Waals surface area contributed by atoms with Gasteiger partial charge in [-0.05, 0) is 24.6 Å². The summed E-state index contributed by atoms with van der Waals surface area (Å²) in [6, 6.07) is 7.46.